The van der Waals surface area contributed by atoms with Crippen LogP contribution in [0.4, 0.5) is 0 Å². The van der Waals surface area contributed by atoms with Gasteiger partial charge in [0.2, 0.25) is 5.91 Å². The Hall–Kier alpha value is -2.08. The number of esters is 1. The first-order valence-electron chi connectivity index (χ1n) is 6.35. The summed E-state index contributed by atoms with van der Waals surface area (Å²) in [5.74, 6) is -0.447. The number of phenols is 1. The molecule has 1 saturated heterocycles. The maximum Gasteiger partial charge on any atom is 0.336 e. The molecule has 0 spiro atoms. The molecule has 1 N–H and O–H groups in total. The number of carbonyl (C=O) groups is 2. The highest BCUT2D eigenvalue weighted by Gasteiger charge is 2.29. The summed E-state index contributed by atoms with van der Waals surface area (Å²) in [7, 11) is 1.29. The van der Waals surface area contributed by atoms with E-state index in [9.17, 15) is 14.7 Å². The van der Waals surface area contributed by atoms with Crippen molar-refractivity contribution in [2.45, 2.75) is 12.5 Å². The summed E-state index contributed by atoms with van der Waals surface area (Å²) >= 11 is 0. The highest BCUT2D eigenvalue weighted by atomic mass is 16.6. The van der Waals surface area contributed by atoms with Crippen molar-refractivity contribution in [3.05, 3.63) is 29.8 Å². The van der Waals surface area contributed by atoms with Crippen LogP contribution < -0.4 is 0 Å². The Morgan fingerprint density at radius 3 is 3.00 bits per heavy atom. The molecule has 1 amide bonds. The maximum atomic E-state index is 12.2. The van der Waals surface area contributed by atoms with Crippen molar-refractivity contribution in [1.29, 1.82) is 0 Å². The van der Waals surface area contributed by atoms with Crippen LogP contribution in [-0.4, -0.2) is 54.8 Å². The summed E-state index contributed by atoms with van der Waals surface area (Å²) in [5, 5.41) is 9.38. The van der Waals surface area contributed by atoms with Gasteiger partial charge in [0.05, 0.1) is 26.7 Å². The van der Waals surface area contributed by atoms with Crippen LogP contribution in [0.3, 0.4) is 0 Å². The van der Waals surface area contributed by atoms with Crippen LogP contribution in [0, 0.1) is 0 Å². The van der Waals surface area contributed by atoms with E-state index >= 15 is 0 Å². The van der Waals surface area contributed by atoms with E-state index in [1.807, 2.05) is 0 Å². The average Bonchev–Trinajstić information content (AvgIpc) is 2.46. The lowest BCUT2D eigenvalue weighted by molar-refractivity contribution is -0.162. The zero-order valence-electron chi connectivity index (χ0n) is 11.2. The number of rotatable bonds is 3. The summed E-state index contributed by atoms with van der Waals surface area (Å²) in [5.41, 5.74) is 0.733. The molecule has 0 radical (unpaired) electrons. The number of morpholine rings is 1. The van der Waals surface area contributed by atoms with Crippen molar-refractivity contribution >= 4 is 11.9 Å². The number of carbonyl (C=O) groups excluding carboxylic acids is 2. The van der Waals surface area contributed by atoms with Gasteiger partial charge in [0.1, 0.15) is 5.75 Å². The number of ether oxygens (including phenoxy) is 2. The fourth-order valence-electron chi connectivity index (χ4n) is 2.10. The van der Waals surface area contributed by atoms with Gasteiger partial charge >= 0.3 is 5.97 Å². The molecule has 0 bridgehead atoms. The zero-order valence-corrected chi connectivity index (χ0v) is 11.2. The third-order valence-corrected chi connectivity index (χ3v) is 3.15. The number of nitrogens with zero attached hydrogens (tertiary/aromatic N) is 1. The Labute approximate surface area is 116 Å². The molecule has 0 aliphatic carbocycles. The lowest BCUT2D eigenvalue weighted by atomic mass is 10.1. The van der Waals surface area contributed by atoms with Crippen molar-refractivity contribution < 1.29 is 24.2 Å². The van der Waals surface area contributed by atoms with Crippen LogP contribution >= 0.6 is 0 Å². The van der Waals surface area contributed by atoms with E-state index in [1.54, 1.807) is 29.2 Å². The minimum atomic E-state index is -0.720. The molecule has 1 heterocycles. The molecule has 108 valence electrons. The molecule has 1 aromatic carbocycles. The molecular formula is C14H17NO5. The van der Waals surface area contributed by atoms with Gasteiger partial charge in [-0.05, 0) is 17.7 Å². The molecule has 2 rings (SSSR count). The highest BCUT2D eigenvalue weighted by molar-refractivity contribution is 5.81. The second-order valence-corrected chi connectivity index (χ2v) is 4.57. The molecule has 1 unspecified atom stereocenters. The van der Waals surface area contributed by atoms with Gasteiger partial charge in [-0.3, -0.25) is 4.79 Å². The number of amides is 1. The van der Waals surface area contributed by atoms with Crippen LogP contribution in [0.5, 0.6) is 5.75 Å². The van der Waals surface area contributed by atoms with E-state index < -0.39 is 12.1 Å². The molecule has 1 atom stereocenters. The van der Waals surface area contributed by atoms with Gasteiger partial charge in [-0.1, -0.05) is 12.1 Å². The van der Waals surface area contributed by atoms with Gasteiger partial charge in [0.15, 0.2) is 6.10 Å². The SMILES string of the molecule is COC(=O)C1CN(C(=O)Cc2cccc(O)c2)CCO1. The van der Waals surface area contributed by atoms with Crippen LogP contribution in [0.25, 0.3) is 0 Å². The van der Waals surface area contributed by atoms with Crippen LogP contribution in [-0.2, 0) is 25.5 Å². The fraction of sp³-hybridized carbons (Fsp3) is 0.429. The standard InChI is InChI=1S/C14H17NO5/c1-19-14(18)12-9-15(5-6-20-12)13(17)8-10-3-2-4-11(16)7-10/h2-4,7,12,16H,5-6,8-9H2,1H3. The fourth-order valence-corrected chi connectivity index (χ4v) is 2.10. The normalized spacial score (nSPS) is 18.6. The summed E-state index contributed by atoms with van der Waals surface area (Å²) in [6, 6.07) is 6.57. The van der Waals surface area contributed by atoms with Crippen molar-refractivity contribution in [2.24, 2.45) is 0 Å². The van der Waals surface area contributed by atoms with Gasteiger partial charge in [-0.15, -0.1) is 0 Å². The van der Waals surface area contributed by atoms with E-state index in [2.05, 4.69) is 4.74 Å². The van der Waals surface area contributed by atoms with Crippen LogP contribution in [0.2, 0.25) is 0 Å². The second kappa shape index (κ2) is 6.38. The third-order valence-electron chi connectivity index (χ3n) is 3.15. The first-order valence-corrected chi connectivity index (χ1v) is 6.35. The van der Waals surface area contributed by atoms with Gasteiger partial charge in [0.25, 0.3) is 0 Å². The average molecular weight is 279 g/mol. The molecular weight excluding hydrogens is 262 g/mol. The first kappa shape index (κ1) is 14.3. The first-order chi connectivity index (χ1) is 9.60. The Morgan fingerprint density at radius 2 is 2.30 bits per heavy atom. The van der Waals surface area contributed by atoms with Crippen molar-refractivity contribution in [2.75, 3.05) is 26.8 Å². The molecule has 20 heavy (non-hydrogen) atoms. The number of benzene rings is 1. The van der Waals surface area contributed by atoms with Gasteiger partial charge < -0.3 is 19.5 Å². The van der Waals surface area contributed by atoms with Gasteiger partial charge in [-0.2, -0.15) is 0 Å². The number of hydrogen-bond donors (Lipinski definition) is 1. The minimum absolute atomic E-state index is 0.104. The Morgan fingerprint density at radius 1 is 1.50 bits per heavy atom. The van der Waals surface area contributed by atoms with Crippen LogP contribution in [0.15, 0.2) is 24.3 Å². The van der Waals surface area contributed by atoms with E-state index in [4.69, 9.17) is 4.74 Å². The predicted octanol–water partition coefficient (Wildman–Crippen LogP) is 0.335. The van der Waals surface area contributed by atoms with Crippen molar-refractivity contribution in [3.63, 3.8) is 0 Å². The number of phenolic OH excluding ortho intramolecular Hbond substituents is 1. The van der Waals surface area contributed by atoms with E-state index in [0.717, 1.165) is 5.56 Å². The molecule has 6 heteroatoms. The predicted molar refractivity (Wildman–Crippen MR) is 70.1 cm³/mol. The lowest BCUT2D eigenvalue weighted by Gasteiger charge is -2.31. The van der Waals surface area contributed by atoms with E-state index in [-0.39, 0.29) is 24.6 Å². The molecule has 1 aliphatic heterocycles. The maximum absolute atomic E-state index is 12.2. The molecule has 0 saturated carbocycles. The van der Waals surface area contributed by atoms with Crippen molar-refractivity contribution in [3.8, 4) is 5.75 Å². The molecule has 1 aliphatic rings. The van der Waals surface area contributed by atoms with Gasteiger partial charge in [0, 0.05) is 6.54 Å². The van der Waals surface area contributed by atoms with Crippen LogP contribution in [0.1, 0.15) is 5.56 Å². The quantitative estimate of drug-likeness (QED) is 0.807. The topological polar surface area (TPSA) is 76.1 Å². The second-order valence-electron chi connectivity index (χ2n) is 4.57. The summed E-state index contributed by atoms with van der Waals surface area (Å²) in [4.78, 5) is 25.2. The minimum Gasteiger partial charge on any atom is -0.508 e. The number of hydrogen-bond acceptors (Lipinski definition) is 5. The van der Waals surface area contributed by atoms with E-state index in [1.165, 1.54) is 7.11 Å². The Kier molecular flexibility index (Phi) is 4.57. The number of aromatic hydroxyl groups is 1. The molecule has 0 aromatic heterocycles. The smallest absolute Gasteiger partial charge is 0.336 e. The third kappa shape index (κ3) is 3.48. The zero-order chi connectivity index (χ0) is 14.5. The Balaban J connectivity index is 1.97. The molecule has 6 nitrogen and oxygen atoms in total. The van der Waals surface area contributed by atoms with Gasteiger partial charge in [-0.25, -0.2) is 4.79 Å². The molecule has 1 fully saturated rings. The summed E-state index contributed by atoms with van der Waals surface area (Å²) in [6.07, 6.45) is -0.538. The summed E-state index contributed by atoms with van der Waals surface area (Å²) < 4.78 is 9.89. The monoisotopic (exact) mass is 279 g/mol. The van der Waals surface area contributed by atoms with E-state index in [0.29, 0.717) is 13.2 Å². The van der Waals surface area contributed by atoms with Crippen molar-refractivity contribution in [1.82, 2.24) is 4.90 Å². The Bertz CT molecular complexity index is 502. The summed E-state index contributed by atoms with van der Waals surface area (Å²) in [6.45, 7) is 0.959. The highest BCUT2D eigenvalue weighted by Crippen LogP contribution is 2.14. The largest absolute Gasteiger partial charge is 0.508 e. The molecule has 1 aromatic rings. The lowest BCUT2D eigenvalue weighted by Crippen LogP contribution is -2.49. The number of methoxy groups -OCH3 is 1.